The van der Waals surface area contributed by atoms with E-state index >= 15 is 0 Å². The number of rotatable bonds is 8. The minimum atomic E-state index is -1.17. The van der Waals surface area contributed by atoms with Gasteiger partial charge in [-0.15, -0.1) is 0 Å². The Morgan fingerprint density at radius 3 is 2.42 bits per heavy atom. The van der Waals surface area contributed by atoms with Crippen LogP contribution in [0.3, 0.4) is 0 Å². The van der Waals surface area contributed by atoms with Crippen LogP contribution in [0.25, 0.3) is 0 Å². The minimum absolute atomic E-state index is 0.00487. The first-order valence-electron chi connectivity index (χ1n) is 6.46. The van der Waals surface area contributed by atoms with Crippen LogP contribution in [0.5, 0.6) is 0 Å². The fourth-order valence-corrected chi connectivity index (χ4v) is 1.88. The molecular formula is C12H21N3O4. The van der Waals surface area contributed by atoms with Gasteiger partial charge in [0, 0.05) is 12.5 Å². The third-order valence-electron chi connectivity index (χ3n) is 3.04. The first-order chi connectivity index (χ1) is 8.88. The fraction of sp³-hybridized carbons (Fsp3) is 0.750. The molecule has 0 aliphatic heterocycles. The highest BCUT2D eigenvalue weighted by Crippen LogP contribution is 2.33. The molecule has 0 aromatic rings. The maximum absolute atomic E-state index is 11.6. The highest BCUT2D eigenvalue weighted by atomic mass is 16.4. The van der Waals surface area contributed by atoms with E-state index in [2.05, 4.69) is 10.6 Å². The van der Waals surface area contributed by atoms with Crippen molar-refractivity contribution in [3.05, 3.63) is 0 Å². The van der Waals surface area contributed by atoms with E-state index in [-0.39, 0.29) is 18.9 Å². The molecule has 0 spiro atoms. The van der Waals surface area contributed by atoms with Gasteiger partial charge < -0.3 is 21.5 Å². The largest absolute Gasteiger partial charge is 0.480 e. The number of primary amides is 1. The summed E-state index contributed by atoms with van der Waals surface area (Å²) in [5, 5.41) is 14.0. The molecule has 0 aromatic heterocycles. The number of amides is 3. The molecule has 108 valence electrons. The zero-order valence-corrected chi connectivity index (χ0v) is 11.0. The Bertz CT molecular complexity index is 355. The fourth-order valence-electron chi connectivity index (χ4n) is 1.88. The third kappa shape index (κ3) is 6.64. The van der Waals surface area contributed by atoms with Gasteiger partial charge in [-0.2, -0.15) is 0 Å². The highest BCUT2D eigenvalue weighted by Gasteiger charge is 2.25. The maximum atomic E-state index is 11.6. The number of nitrogens with one attached hydrogen (secondary N) is 2. The summed E-state index contributed by atoms with van der Waals surface area (Å²) in [7, 11) is 0. The molecule has 0 radical (unpaired) electrons. The molecule has 0 heterocycles. The number of urea groups is 1. The maximum Gasteiger partial charge on any atom is 0.326 e. The Morgan fingerprint density at radius 1 is 1.32 bits per heavy atom. The van der Waals surface area contributed by atoms with Crippen LogP contribution < -0.4 is 16.4 Å². The van der Waals surface area contributed by atoms with Gasteiger partial charge in [-0.05, 0) is 25.7 Å². The van der Waals surface area contributed by atoms with Crippen molar-refractivity contribution in [3.63, 3.8) is 0 Å². The average molecular weight is 271 g/mol. The summed E-state index contributed by atoms with van der Waals surface area (Å²) in [5.41, 5.74) is 4.95. The topological polar surface area (TPSA) is 122 Å². The molecule has 1 aliphatic carbocycles. The van der Waals surface area contributed by atoms with Gasteiger partial charge in [0.1, 0.15) is 6.04 Å². The quantitative estimate of drug-likeness (QED) is 0.503. The molecule has 0 aromatic carbocycles. The van der Waals surface area contributed by atoms with Crippen molar-refractivity contribution in [2.75, 3.05) is 0 Å². The second kappa shape index (κ2) is 6.96. The molecule has 19 heavy (non-hydrogen) atoms. The van der Waals surface area contributed by atoms with Gasteiger partial charge in [-0.25, -0.2) is 9.59 Å². The highest BCUT2D eigenvalue weighted by molar-refractivity contribution is 5.83. The van der Waals surface area contributed by atoms with Crippen LogP contribution in [0.4, 0.5) is 4.79 Å². The van der Waals surface area contributed by atoms with Crippen LogP contribution >= 0.6 is 0 Å². The van der Waals surface area contributed by atoms with Gasteiger partial charge in [0.05, 0.1) is 0 Å². The molecule has 1 saturated carbocycles. The second-order valence-electron chi connectivity index (χ2n) is 5.09. The molecule has 5 N–H and O–H groups in total. The number of aliphatic carboxylic acids is 1. The molecule has 1 unspecified atom stereocenters. The zero-order valence-electron chi connectivity index (χ0n) is 11.0. The minimum Gasteiger partial charge on any atom is -0.480 e. The number of hydrogen-bond acceptors (Lipinski definition) is 3. The van der Waals surface area contributed by atoms with E-state index in [4.69, 9.17) is 10.8 Å². The van der Waals surface area contributed by atoms with Crippen molar-refractivity contribution in [2.45, 2.75) is 51.1 Å². The normalized spacial score (nSPS) is 17.3. The lowest BCUT2D eigenvalue weighted by Crippen LogP contribution is -2.48. The van der Waals surface area contributed by atoms with Crippen molar-refractivity contribution < 1.29 is 19.5 Å². The lowest BCUT2D eigenvalue weighted by molar-refractivity contribution is -0.139. The SMILES string of the molecule is CC(CC1CC1)NC(=O)N[C@H](CCC(N)=O)C(=O)O. The van der Waals surface area contributed by atoms with Crippen LogP contribution in [0.15, 0.2) is 0 Å². The number of carboxylic acids is 1. The van der Waals surface area contributed by atoms with E-state index in [0.29, 0.717) is 5.92 Å². The number of hydrogen-bond donors (Lipinski definition) is 4. The summed E-state index contributed by atoms with van der Waals surface area (Å²) < 4.78 is 0. The van der Waals surface area contributed by atoms with Crippen molar-refractivity contribution in [1.29, 1.82) is 0 Å². The Labute approximate surface area is 111 Å². The first-order valence-corrected chi connectivity index (χ1v) is 6.46. The summed E-state index contributed by atoms with van der Waals surface area (Å²) >= 11 is 0. The standard InChI is InChI=1S/C12H21N3O4/c1-7(6-8-2-3-8)14-12(19)15-9(11(17)18)4-5-10(13)16/h7-9H,2-6H2,1H3,(H2,13,16)(H,17,18)(H2,14,15,19)/t7?,9-/m1/s1. The Kier molecular flexibility index (Phi) is 5.59. The van der Waals surface area contributed by atoms with Gasteiger partial charge in [0.15, 0.2) is 0 Å². The molecule has 1 aliphatic rings. The van der Waals surface area contributed by atoms with E-state index < -0.39 is 23.9 Å². The lowest BCUT2D eigenvalue weighted by Gasteiger charge is -2.18. The molecular weight excluding hydrogens is 250 g/mol. The van der Waals surface area contributed by atoms with Crippen LogP contribution in [0.1, 0.15) is 39.0 Å². The van der Waals surface area contributed by atoms with Gasteiger partial charge in [0.25, 0.3) is 0 Å². The first kappa shape index (κ1) is 15.3. The molecule has 1 fully saturated rings. The molecule has 2 atom stereocenters. The van der Waals surface area contributed by atoms with Crippen molar-refractivity contribution in [3.8, 4) is 0 Å². The smallest absolute Gasteiger partial charge is 0.326 e. The summed E-state index contributed by atoms with van der Waals surface area (Å²) in [4.78, 5) is 33.2. The van der Waals surface area contributed by atoms with Crippen LogP contribution in [0, 0.1) is 5.92 Å². The molecule has 7 nitrogen and oxygen atoms in total. The van der Waals surface area contributed by atoms with E-state index in [1.807, 2.05) is 6.92 Å². The van der Waals surface area contributed by atoms with E-state index in [1.165, 1.54) is 12.8 Å². The molecule has 7 heteroatoms. The van der Waals surface area contributed by atoms with Crippen molar-refractivity contribution in [2.24, 2.45) is 11.7 Å². The lowest BCUT2D eigenvalue weighted by atomic mass is 10.1. The number of carbonyl (C=O) groups is 3. The van der Waals surface area contributed by atoms with Crippen LogP contribution in [0.2, 0.25) is 0 Å². The van der Waals surface area contributed by atoms with Crippen molar-refractivity contribution >= 4 is 17.9 Å². The summed E-state index contributed by atoms with van der Waals surface area (Å²) in [6.07, 6.45) is 3.23. The molecule has 0 bridgehead atoms. The molecule has 1 rings (SSSR count). The molecule has 3 amide bonds. The summed E-state index contributed by atoms with van der Waals surface area (Å²) in [5.74, 6) is -1.08. The number of nitrogens with two attached hydrogens (primary N) is 1. The second-order valence-corrected chi connectivity index (χ2v) is 5.09. The Hall–Kier alpha value is -1.79. The number of carboxylic acid groups (broad SMARTS) is 1. The average Bonchev–Trinajstić information content (AvgIpc) is 3.06. The van der Waals surface area contributed by atoms with E-state index in [0.717, 1.165) is 6.42 Å². The summed E-state index contributed by atoms with van der Waals surface area (Å²) in [6, 6.07) is -1.61. The van der Waals surface area contributed by atoms with Crippen molar-refractivity contribution in [1.82, 2.24) is 10.6 Å². The predicted molar refractivity (Wildman–Crippen MR) is 68.3 cm³/mol. The van der Waals surface area contributed by atoms with E-state index in [1.54, 1.807) is 0 Å². The monoisotopic (exact) mass is 271 g/mol. The van der Waals surface area contributed by atoms with E-state index in [9.17, 15) is 14.4 Å². The Balaban J connectivity index is 2.32. The van der Waals surface area contributed by atoms with Gasteiger partial charge in [0.2, 0.25) is 5.91 Å². The molecule has 0 saturated heterocycles. The Morgan fingerprint density at radius 2 is 1.95 bits per heavy atom. The zero-order chi connectivity index (χ0) is 14.4. The van der Waals surface area contributed by atoms with Gasteiger partial charge >= 0.3 is 12.0 Å². The van der Waals surface area contributed by atoms with Gasteiger partial charge in [-0.1, -0.05) is 12.8 Å². The third-order valence-corrected chi connectivity index (χ3v) is 3.04. The predicted octanol–water partition coefficient (Wildman–Crippen LogP) is 0.193. The number of carbonyl (C=O) groups excluding carboxylic acids is 2. The van der Waals surface area contributed by atoms with Gasteiger partial charge in [-0.3, -0.25) is 4.79 Å². The summed E-state index contributed by atoms with van der Waals surface area (Å²) in [6.45, 7) is 1.89. The van der Waals surface area contributed by atoms with Crippen LogP contribution in [-0.2, 0) is 9.59 Å². The van der Waals surface area contributed by atoms with Crippen LogP contribution in [-0.4, -0.2) is 35.1 Å².